The summed E-state index contributed by atoms with van der Waals surface area (Å²) in [5.74, 6) is -1.36. The SMILES string of the molecule is CCOC(=O)c1cc2n(n1)CC(C)(C(=O)NCCOC)N(c1ccc(CC)cc1)C2=O. The normalized spacial score (nSPS) is 17.9. The highest BCUT2D eigenvalue weighted by Crippen LogP contribution is 2.33. The van der Waals surface area contributed by atoms with Gasteiger partial charge in [0.2, 0.25) is 5.91 Å². The van der Waals surface area contributed by atoms with Crippen molar-refractivity contribution in [2.45, 2.75) is 39.3 Å². The van der Waals surface area contributed by atoms with Crippen LogP contribution in [0, 0.1) is 0 Å². The Morgan fingerprint density at radius 2 is 1.94 bits per heavy atom. The Labute approximate surface area is 181 Å². The number of benzene rings is 1. The second-order valence-corrected chi connectivity index (χ2v) is 7.48. The van der Waals surface area contributed by atoms with Gasteiger partial charge in [-0.1, -0.05) is 19.1 Å². The van der Waals surface area contributed by atoms with Crippen LogP contribution in [0.15, 0.2) is 30.3 Å². The van der Waals surface area contributed by atoms with E-state index < -0.39 is 17.4 Å². The van der Waals surface area contributed by atoms with Crippen LogP contribution < -0.4 is 10.2 Å². The molecule has 1 aromatic carbocycles. The van der Waals surface area contributed by atoms with E-state index in [1.165, 1.54) is 15.6 Å². The molecular weight excluding hydrogens is 400 g/mol. The van der Waals surface area contributed by atoms with Crippen LogP contribution >= 0.6 is 0 Å². The van der Waals surface area contributed by atoms with Gasteiger partial charge in [-0.05, 0) is 38.0 Å². The van der Waals surface area contributed by atoms with Crippen molar-refractivity contribution in [1.29, 1.82) is 0 Å². The van der Waals surface area contributed by atoms with Crippen LogP contribution in [0.1, 0.15) is 47.3 Å². The first-order valence-electron chi connectivity index (χ1n) is 10.3. The highest BCUT2D eigenvalue weighted by atomic mass is 16.5. The molecular formula is C22H28N4O5. The fourth-order valence-corrected chi connectivity index (χ4v) is 3.63. The topological polar surface area (TPSA) is 103 Å². The lowest BCUT2D eigenvalue weighted by Crippen LogP contribution is -2.64. The molecule has 1 aromatic heterocycles. The summed E-state index contributed by atoms with van der Waals surface area (Å²) in [6, 6.07) is 8.94. The molecule has 1 N–H and O–H groups in total. The number of carbonyl (C=O) groups excluding carboxylic acids is 3. The Hall–Kier alpha value is -3.20. The lowest BCUT2D eigenvalue weighted by Gasteiger charge is -2.43. The number of methoxy groups -OCH3 is 1. The van der Waals surface area contributed by atoms with Gasteiger partial charge in [0.25, 0.3) is 5.91 Å². The van der Waals surface area contributed by atoms with Gasteiger partial charge in [0.05, 0.1) is 19.8 Å². The largest absolute Gasteiger partial charge is 0.461 e. The van der Waals surface area contributed by atoms with E-state index in [9.17, 15) is 14.4 Å². The van der Waals surface area contributed by atoms with Crippen molar-refractivity contribution >= 4 is 23.5 Å². The number of carbonyl (C=O) groups is 3. The van der Waals surface area contributed by atoms with E-state index in [1.54, 1.807) is 21.0 Å². The number of esters is 1. The second-order valence-electron chi connectivity index (χ2n) is 7.48. The number of fused-ring (bicyclic) bond motifs is 1. The number of rotatable bonds is 8. The summed E-state index contributed by atoms with van der Waals surface area (Å²) >= 11 is 0. The summed E-state index contributed by atoms with van der Waals surface area (Å²) in [6.45, 7) is 6.37. The minimum absolute atomic E-state index is 0.0375. The Morgan fingerprint density at radius 1 is 1.23 bits per heavy atom. The Bertz CT molecular complexity index is 969. The Balaban J connectivity index is 2.04. The van der Waals surface area contributed by atoms with Gasteiger partial charge < -0.3 is 14.8 Å². The molecule has 166 valence electrons. The maximum absolute atomic E-state index is 13.5. The smallest absolute Gasteiger partial charge is 0.358 e. The molecule has 2 aromatic rings. The summed E-state index contributed by atoms with van der Waals surface area (Å²) in [6.07, 6.45) is 0.860. The number of aromatic nitrogens is 2. The molecule has 9 nitrogen and oxygen atoms in total. The first-order chi connectivity index (χ1) is 14.8. The van der Waals surface area contributed by atoms with Gasteiger partial charge in [-0.2, -0.15) is 5.10 Å². The zero-order valence-electron chi connectivity index (χ0n) is 18.3. The molecule has 1 unspecified atom stereocenters. The lowest BCUT2D eigenvalue weighted by atomic mass is 9.93. The van der Waals surface area contributed by atoms with Crippen molar-refractivity contribution in [3.05, 3.63) is 47.3 Å². The van der Waals surface area contributed by atoms with Crippen LogP contribution in [0.4, 0.5) is 5.69 Å². The van der Waals surface area contributed by atoms with Crippen LogP contribution in [0.25, 0.3) is 0 Å². The molecule has 31 heavy (non-hydrogen) atoms. The third-order valence-corrected chi connectivity index (χ3v) is 5.32. The van der Waals surface area contributed by atoms with Gasteiger partial charge in [-0.25, -0.2) is 4.79 Å². The second kappa shape index (κ2) is 9.30. The number of aryl methyl sites for hydroxylation is 1. The minimum atomic E-state index is -1.26. The fraction of sp³-hybridized carbons (Fsp3) is 0.455. The molecule has 0 saturated heterocycles. The number of hydrogen-bond acceptors (Lipinski definition) is 6. The summed E-state index contributed by atoms with van der Waals surface area (Å²) in [7, 11) is 1.55. The van der Waals surface area contributed by atoms with E-state index in [2.05, 4.69) is 10.4 Å². The maximum Gasteiger partial charge on any atom is 0.358 e. The van der Waals surface area contributed by atoms with Gasteiger partial charge >= 0.3 is 5.97 Å². The Kier molecular flexibility index (Phi) is 6.74. The first-order valence-corrected chi connectivity index (χ1v) is 10.3. The first kappa shape index (κ1) is 22.5. The number of nitrogens with zero attached hydrogens (tertiary/aromatic N) is 3. The molecule has 0 saturated carbocycles. The van der Waals surface area contributed by atoms with E-state index in [-0.39, 0.29) is 30.4 Å². The minimum Gasteiger partial charge on any atom is -0.461 e. The third-order valence-electron chi connectivity index (χ3n) is 5.32. The standard InChI is InChI=1S/C22H28N4O5/c1-5-15-7-9-16(10-8-15)26-19(27)18-13-17(20(28)31-6-2)24-25(18)14-22(26,3)21(29)23-11-12-30-4/h7-10,13H,5-6,11-12,14H2,1-4H3,(H,23,29). The molecule has 0 aliphatic carbocycles. The van der Waals surface area contributed by atoms with E-state index >= 15 is 0 Å². The number of amides is 2. The molecule has 0 radical (unpaired) electrons. The average Bonchev–Trinajstić information content (AvgIpc) is 3.18. The molecule has 0 spiro atoms. The molecule has 9 heteroatoms. The van der Waals surface area contributed by atoms with E-state index in [0.29, 0.717) is 18.8 Å². The molecule has 0 bridgehead atoms. The highest BCUT2D eigenvalue weighted by Gasteiger charge is 2.49. The van der Waals surface area contributed by atoms with Crippen LogP contribution in [-0.4, -0.2) is 60.0 Å². The highest BCUT2D eigenvalue weighted by molar-refractivity contribution is 6.12. The number of ether oxygens (including phenoxy) is 2. The van der Waals surface area contributed by atoms with Gasteiger partial charge in [-0.15, -0.1) is 0 Å². The van der Waals surface area contributed by atoms with E-state index in [1.807, 2.05) is 31.2 Å². The molecule has 3 rings (SSSR count). The number of nitrogens with one attached hydrogen (secondary N) is 1. The number of hydrogen-bond donors (Lipinski definition) is 1. The van der Waals surface area contributed by atoms with Crippen LogP contribution in [-0.2, 0) is 27.2 Å². The predicted molar refractivity (Wildman–Crippen MR) is 114 cm³/mol. The summed E-state index contributed by atoms with van der Waals surface area (Å²) in [5, 5.41) is 7.07. The fourth-order valence-electron chi connectivity index (χ4n) is 3.63. The van der Waals surface area contributed by atoms with E-state index in [0.717, 1.165) is 12.0 Å². The Morgan fingerprint density at radius 3 is 2.55 bits per heavy atom. The summed E-state index contributed by atoms with van der Waals surface area (Å²) in [5.41, 5.74) is 0.717. The van der Waals surface area contributed by atoms with Crippen LogP contribution in [0.3, 0.4) is 0 Å². The molecule has 1 atom stereocenters. The van der Waals surface area contributed by atoms with Gasteiger partial charge in [-0.3, -0.25) is 19.2 Å². The van der Waals surface area contributed by atoms with Crippen molar-refractivity contribution in [1.82, 2.24) is 15.1 Å². The van der Waals surface area contributed by atoms with Crippen molar-refractivity contribution in [2.24, 2.45) is 0 Å². The summed E-state index contributed by atoms with van der Waals surface area (Å²) < 4.78 is 11.4. The quantitative estimate of drug-likeness (QED) is 0.508. The van der Waals surface area contributed by atoms with E-state index in [4.69, 9.17) is 9.47 Å². The molecule has 1 aliphatic rings. The van der Waals surface area contributed by atoms with Gasteiger partial charge in [0.1, 0.15) is 11.2 Å². The van der Waals surface area contributed by atoms with Gasteiger partial charge in [0.15, 0.2) is 5.69 Å². The monoisotopic (exact) mass is 428 g/mol. The zero-order chi connectivity index (χ0) is 22.6. The molecule has 2 heterocycles. The van der Waals surface area contributed by atoms with Gasteiger partial charge in [0, 0.05) is 25.4 Å². The van der Waals surface area contributed by atoms with Crippen LogP contribution in [0.2, 0.25) is 0 Å². The number of anilines is 1. The molecule has 1 aliphatic heterocycles. The zero-order valence-corrected chi connectivity index (χ0v) is 18.3. The lowest BCUT2D eigenvalue weighted by molar-refractivity contribution is -0.126. The van der Waals surface area contributed by atoms with Crippen molar-refractivity contribution < 1.29 is 23.9 Å². The third kappa shape index (κ3) is 4.32. The predicted octanol–water partition coefficient (Wildman–Crippen LogP) is 1.80. The van der Waals surface area contributed by atoms with Crippen molar-refractivity contribution in [2.75, 3.05) is 31.8 Å². The van der Waals surface area contributed by atoms with Crippen molar-refractivity contribution in [3.8, 4) is 0 Å². The maximum atomic E-state index is 13.5. The molecule has 2 amide bonds. The van der Waals surface area contributed by atoms with Crippen molar-refractivity contribution in [3.63, 3.8) is 0 Å². The average molecular weight is 428 g/mol. The molecule has 0 fully saturated rings. The summed E-state index contributed by atoms with van der Waals surface area (Å²) in [4.78, 5) is 40.3. The van der Waals surface area contributed by atoms with Crippen LogP contribution in [0.5, 0.6) is 0 Å².